The van der Waals surface area contributed by atoms with Gasteiger partial charge in [-0.05, 0) is 66.7 Å². The summed E-state index contributed by atoms with van der Waals surface area (Å²) in [7, 11) is -2.70. The molecular weight excluding hydrogens is 466 g/mol. The van der Waals surface area contributed by atoms with E-state index in [0.29, 0.717) is 16.4 Å². The molecule has 170 valence electrons. The summed E-state index contributed by atoms with van der Waals surface area (Å²) >= 11 is 5.85. The van der Waals surface area contributed by atoms with Crippen LogP contribution in [-0.4, -0.2) is 27.3 Å². The van der Waals surface area contributed by atoms with E-state index in [1.807, 2.05) is 0 Å². The molecule has 3 N–H and O–H groups in total. The summed E-state index contributed by atoms with van der Waals surface area (Å²) in [5.74, 6) is -0.807. The summed E-state index contributed by atoms with van der Waals surface area (Å²) in [6.07, 6.45) is 1.12. The van der Waals surface area contributed by atoms with Gasteiger partial charge in [-0.25, -0.2) is 8.42 Å². The number of rotatable bonds is 8. The van der Waals surface area contributed by atoms with Crippen LogP contribution in [0.2, 0.25) is 5.02 Å². The van der Waals surface area contributed by atoms with Crippen LogP contribution >= 0.6 is 11.6 Å². The van der Waals surface area contributed by atoms with Crippen molar-refractivity contribution in [2.45, 2.75) is 4.90 Å². The van der Waals surface area contributed by atoms with Gasteiger partial charge in [0.15, 0.2) is 0 Å². The largest absolute Gasteiger partial charge is 0.495 e. The number of methoxy groups -OCH3 is 1. The summed E-state index contributed by atoms with van der Waals surface area (Å²) in [4.78, 5) is 24.0. The molecule has 0 spiro atoms. The van der Waals surface area contributed by atoms with Crippen molar-refractivity contribution < 1.29 is 22.7 Å². The molecule has 10 heteroatoms. The molecule has 0 bridgehead atoms. The summed E-state index contributed by atoms with van der Waals surface area (Å²) in [5.41, 5.74) is 1.22. The lowest BCUT2D eigenvalue weighted by molar-refractivity contribution is -0.111. The number of ether oxygens (including phenoxy) is 1. The molecule has 0 heterocycles. The number of hydrogen-bond acceptors (Lipinski definition) is 5. The molecule has 33 heavy (non-hydrogen) atoms. The first-order valence-electron chi connectivity index (χ1n) is 9.53. The molecule has 2 amide bonds. The summed E-state index contributed by atoms with van der Waals surface area (Å²) in [5, 5.41) is 5.69. The average Bonchev–Trinajstić information content (AvgIpc) is 2.80. The lowest BCUT2D eigenvalue weighted by Gasteiger charge is -2.14. The smallest absolute Gasteiger partial charge is 0.265 e. The first kappa shape index (κ1) is 23.8. The van der Waals surface area contributed by atoms with Gasteiger partial charge in [0.25, 0.3) is 15.9 Å². The van der Waals surface area contributed by atoms with Crippen molar-refractivity contribution in [3.63, 3.8) is 0 Å². The third-order valence-corrected chi connectivity index (χ3v) is 6.04. The number of nitrogens with one attached hydrogen (secondary N) is 3. The minimum atomic E-state index is -4.04. The molecule has 0 unspecified atom stereocenters. The second-order valence-corrected chi connectivity index (χ2v) is 8.79. The predicted octanol–water partition coefficient (Wildman–Crippen LogP) is 4.53. The van der Waals surface area contributed by atoms with Gasteiger partial charge in [-0.3, -0.25) is 14.3 Å². The highest BCUT2D eigenvalue weighted by Gasteiger charge is 2.21. The van der Waals surface area contributed by atoms with Gasteiger partial charge in [0.05, 0.1) is 7.11 Å². The van der Waals surface area contributed by atoms with Crippen molar-refractivity contribution >= 4 is 50.5 Å². The van der Waals surface area contributed by atoms with Crippen LogP contribution in [0.5, 0.6) is 5.75 Å². The number of halogens is 1. The van der Waals surface area contributed by atoms with Crippen LogP contribution in [0, 0.1) is 0 Å². The lowest BCUT2D eigenvalue weighted by atomic mass is 10.1. The van der Waals surface area contributed by atoms with E-state index in [4.69, 9.17) is 16.3 Å². The molecule has 0 saturated carbocycles. The van der Waals surface area contributed by atoms with E-state index >= 15 is 0 Å². The van der Waals surface area contributed by atoms with Crippen LogP contribution < -0.4 is 20.1 Å². The SMILES string of the molecule is C=CC(=O)Nc1cccc(C(=O)Nc2ccc(OC)c(S(=O)(=O)Nc3ccc(Cl)cc3)c2)c1. The van der Waals surface area contributed by atoms with Gasteiger partial charge >= 0.3 is 0 Å². The van der Waals surface area contributed by atoms with E-state index in [2.05, 4.69) is 21.9 Å². The van der Waals surface area contributed by atoms with Gasteiger partial charge in [-0.2, -0.15) is 0 Å². The molecule has 3 aromatic carbocycles. The maximum atomic E-state index is 13.0. The van der Waals surface area contributed by atoms with Crippen molar-refractivity contribution in [1.29, 1.82) is 0 Å². The molecule has 8 nitrogen and oxygen atoms in total. The molecule has 0 aromatic heterocycles. The lowest BCUT2D eigenvalue weighted by Crippen LogP contribution is -2.16. The number of benzene rings is 3. The third kappa shape index (κ3) is 6.12. The molecule has 0 aliphatic carbocycles. The van der Waals surface area contributed by atoms with E-state index in [9.17, 15) is 18.0 Å². The zero-order valence-electron chi connectivity index (χ0n) is 17.5. The van der Waals surface area contributed by atoms with E-state index in [1.165, 1.54) is 43.5 Å². The van der Waals surface area contributed by atoms with Crippen molar-refractivity contribution in [1.82, 2.24) is 0 Å². The van der Waals surface area contributed by atoms with E-state index in [-0.39, 0.29) is 21.9 Å². The van der Waals surface area contributed by atoms with Crippen molar-refractivity contribution in [2.75, 3.05) is 22.5 Å². The fraction of sp³-hybridized carbons (Fsp3) is 0.0435. The quantitative estimate of drug-likeness (QED) is 0.406. The average molecular weight is 486 g/mol. The standard InChI is InChI=1S/C23H20ClN3O5S/c1-3-22(28)25-18-6-4-5-15(13-18)23(29)26-19-11-12-20(32-2)21(14-19)33(30,31)27-17-9-7-16(24)8-10-17/h3-14,27H,1H2,2H3,(H,25,28)(H,26,29). The third-order valence-electron chi connectivity index (χ3n) is 4.39. The Labute approximate surface area is 196 Å². The molecule has 0 radical (unpaired) electrons. The zero-order valence-corrected chi connectivity index (χ0v) is 19.0. The highest BCUT2D eigenvalue weighted by Crippen LogP contribution is 2.29. The zero-order chi connectivity index (χ0) is 24.0. The first-order valence-corrected chi connectivity index (χ1v) is 11.4. The van der Waals surface area contributed by atoms with Crippen LogP contribution in [-0.2, 0) is 14.8 Å². The number of carbonyl (C=O) groups is 2. The minimum absolute atomic E-state index is 0.101. The van der Waals surface area contributed by atoms with Crippen LogP contribution in [0.4, 0.5) is 17.1 Å². The Balaban J connectivity index is 1.85. The van der Waals surface area contributed by atoms with Gasteiger partial charge in [-0.1, -0.05) is 24.2 Å². The summed E-state index contributed by atoms with van der Waals surface area (Å²) < 4.78 is 33.6. The highest BCUT2D eigenvalue weighted by molar-refractivity contribution is 7.92. The maximum absolute atomic E-state index is 13.0. The predicted molar refractivity (Wildman–Crippen MR) is 128 cm³/mol. The molecule has 0 aliphatic heterocycles. The Morgan fingerprint density at radius 1 is 0.939 bits per heavy atom. The first-order chi connectivity index (χ1) is 15.7. The molecule has 0 aliphatic rings. The fourth-order valence-corrected chi connectivity index (χ4v) is 4.21. The highest BCUT2D eigenvalue weighted by atomic mass is 35.5. The number of carbonyl (C=O) groups excluding carboxylic acids is 2. The van der Waals surface area contributed by atoms with Gasteiger partial charge in [0, 0.05) is 27.6 Å². The molecule has 0 atom stereocenters. The topological polar surface area (TPSA) is 114 Å². The normalized spacial score (nSPS) is 10.7. The second kappa shape index (κ2) is 10.2. The maximum Gasteiger partial charge on any atom is 0.265 e. The Morgan fingerprint density at radius 3 is 2.27 bits per heavy atom. The molecule has 3 aromatic rings. The van der Waals surface area contributed by atoms with Crippen LogP contribution in [0.3, 0.4) is 0 Å². The van der Waals surface area contributed by atoms with Crippen LogP contribution in [0.15, 0.2) is 84.3 Å². The Bertz CT molecular complexity index is 1310. The molecular formula is C23H20ClN3O5S. The van der Waals surface area contributed by atoms with E-state index < -0.39 is 21.8 Å². The number of amides is 2. The van der Waals surface area contributed by atoms with Gasteiger partial charge < -0.3 is 15.4 Å². The summed E-state index contributed by atoms with van der Waals surface area (Å²) in [6, 6.07) is 16.7. The molecule has 0 fully saturated rings. The Morgan fingerprint density at radius 2 is 1.61 bits per heavy atom. The second-order valence-electron chi connectivity index (χ2n) is 6.71. The van der Waals surface area contributed by atoms with Crippen molar-refractivity contribution in [3.8, 4) is 5.75 Å². The van der Waals surface area contributed by atoms with Gasteiger partial charge in [-0.15, -0.1) is 0 Å². The number of anilines is 3. The van der Waals surface area contributed by atoms with E-state index in [0.717, 1.165) is 6.08 Å². The van der Waals surface area contributed by atoms with E-state index in [1.54, 1.807) is 30.3 Å². The fourth-order valence-electron chi connectivity index (χ4n) is 2.83. The van der Waals surface area contributed by atoms with Gasteiger partial charge in [0.2, 0.25) is 5.91 Å². The Hall–Kier alpha value is -3.82. The van der Waals surface area contributed by atoms with Crippen LogP contribution in [0.1, 0.15) is 10.4 Å². The number of hydrogen-bond donors (Lipinski definition) is 3. The van der Waals surface area contributed by atoms with Crippen LogP contribution in [0.25, 0.3) is 0 Å². The summed E-state index contributed by atoms with van der Waals surface area (Å²) in [6.45, 7) is 3.38. The van der Waals surface area contributed by atoms with Crippen molar-refractivity contribution in [2.24, 2.45) is 0 Å². The molecule has 3 rings (SSSR count). The van der Waals surface area contributed by atoms with Crippen molar-refractivity contribution in [3.05, 3.63) is 90.0 Å². The Kier molecular flexibility index (Phi) is 7.37. The minimum Gasteiger partial charge on any atom is -0.495 e. The van der Waals surface area contributed by atoms with Gasteiger partial charge in [0.1, 0.15) is 10.6 Å². The molecule has 0 saturated heterocycles. The number of sulfonamides is 1. The monoisotopic (exact) mass is 485 g/mol.